The number of benzene rings is 2. The molecule has 108 valence electrons. The molecule has 1 aromatic heterocycles. The van der Waals surface area contributed by atoms with Gasteiger partial charge in [-0.1, -0.05) is 30.3 Å². The van der Waals surface area contributed by atoms with E-state index < -0.39 is 0 Å². The highest BCUT2D eigenvalue weighted by molar-refractivity contribution is 7.15. The Bertz CT molecular complexity index is 801. The van der Waals surface area contributed by atoms with Gasteiger partial charge in [0, 0.05) is 16.6 Å². The Morgan fingerprint density at radius 3 is 2.41 bits per heavy atom. The summed E-state index contributed by atoms with van der Waals surface area (Å²) in [4.78, 5) is 0. The average Bonchev–Trinajstić information content (AvgIpc) is 2.99. The van der Waals surface area contributed by atoms with Crippen molar-refractivity contribution in [1.82, 2.24) is 0 Å². The van der Waals surface area contributed by atoms with Crippen LogP contribution in [0.1, 0.15) is 5.56 Å². The molecule has 3 rings (SSSR count). The Balaban J connectivity index is 1.92. The Kier molecular flexibility index (Phi) is 4.08. The Morgan fingerprint density at radius 2 is 1.77 bits per heavy atom. The summed E-state index contributed by atoms with van der Waals surface area (Å²) in [5.41, 5.74) is 3.62. The van der Waals surface area contributed by atoms with Crippen molar-refractivity contribution in [3.05, 3.63) is 65.5 Å². The number of ether oxygens (including phenoxy) is 1. The lowest BCUT2D eigenvalue weighted by atomic mass is 10.1. The lowest BCUT2D eigenvalue weighted by Gasteiger charge is -2.06. The zero-order chi connectivity index (χ0) is 15.4. The van der Waals surface area contributed by atoms with Crippen LogP contribution < -0.4 is 10.1 Å². The van der Waals surface area contributed by atoms with Gasteiger partial charge in [0.05, 0.1) is 12.7 Å². The first-order valence-corrected chi connectivity index (χ1v) is 7.68. The molecule has 0 spiro atoms. The molecule has 0 fully saturated rings. The Morgan fingerprint density at radius 1 is 1.05 bits per heavy atom. The van der Waals surface area contributed by atoms with Gasteiger partial charge in [0.1, 0.15) is 16.8 Å². The number of rotatable bonds is 4. The van der Waals surface area contributed by atoms with E-state index in [1.54, 1.807) is 7.11 Å². The van der Waals surface area contributed by atoms with E-state index in [9.17, 15) is 5.26 Å². The van der Waals surface area contributed by atoms with E-state index in [1.165, 1.54) is 11.3 Å². The van der Waals surface area contributed by atoms with Gasteiger partial charge < -0.3 is 10.1 Å². The van der Waals surface area contributed by atoms with Crippen molar-refractivity contribution < 1.29 is 4.74 Å². The average molecular weight is 306 g/mol. The zero-order valence-corrected chi connectivity index (χ0v) is 12.9. The van der Waals surface area contributed by atoms with Gasteiger partial charge in [0.2, 0.25) is 0 Å². The number of hydrogen-bond acceptors (Lipinski definition) is 4. The van der Waals surface area contributed by atoms with Crippen molar-refractivity contribution in [1.29, 1.82) is 5.26 Å². The summed E-state index contributed by atoms with van der Waals surface area (Å²) in [6.07, 6.45) is 0. The summed E-state index contributed by atoms with van der Waals surface area (Å²) in [5.74, 6) is 0.808. The fraction of sp³-hybridized carbons (Fsp3) is 0.0556. The van der Waals surface area contributed by atoms with Crippen LogP contribution >= 0.6 is 11.3 Å². The summed E-state index contributed by atoms with van der Waals surface area (Å²) < 4.78 is 5.15. The van der Waals surface area contributed by atoms with Gasteiger partial charge in [-0.05, 0) is 29.8 Å². The second-order valence-corrected chi connectivity index (χ2v) is 5.56. The minimum absolute atomic E-state index is 0.673. The predicted molar refractivity (Wildman–Crippen MR) is 90.7 cm³/mol. The summed E-state index contributed by atoms with van der Waals surface area (Å²) >= 11 is 1.54. The molecule has 0 amide bonds. The third-order valence-electron chi connectivity index (χ3n) is 3.34. The molecule has 2 aromatic carbocycles. The van der Waals surface area contributed by atoms with Crippen molar-refractivity contribution in [2.75, 3.05) is 12.4 Å². The van der Waals surface area contributed by atoms with Crippen LogP contribution in [0.25, 0.3) is 11.1 Å². The third kappa shape index (κ3) is 2.80. The van der Waals surface area contributed by atoms with E-state index in [-0.39, 0.29) is 0 Å². The number of nitriles is 1. The highest BCUT2D eigenvalue weighted by Gasteiger charge is 2.13. The minimum Gasteiger partial charge on any atom is -0.497 e. The van der Waals surface area contributed by atoms with E-state index in [1.807, 2.05) is 60.0 Å². The van der Waals surface area contributed by atoms with Gasteiger partial charge in [-0.2, -0.15) is 5.26 Å². The fourth-order valence-corrected chi connectivity index (χ4v) is 3.14. The van der Waals surface area contributed by atoms with Crippen LogP contribution in [-0.2, 0) is 0 Å². The first-order valence-electron chi connectivity index (χ1n) is 6.80. The van der Waals surface area contributed by atoms with E-state index in [0.717, 1.165) is 27.6 Å². The fourth-order valence-electron chi connectivity index (χ4n) is 2.20. The van der Waals surface area contributed by atoms with Crippen LogP contribution in [0.15, 0.2) is 60.0 Å². The molecule has 0 unspecified atom stereocenters. The Labute approximate surface area is 133 Å². The predicted octanol–water partition coefficient (Wildman–Crippen LogP) is 5.04. The summed E-state index contributed by atoms with van der Waals surface area (Å²) in [6.45, 7) is 0. The lowest BCUT2D eigenvalue weighted by Crippen LogP contribution is -1.91. The SMILES string of the molecule is COc1ccc(Nc2scc(-c3ccccc3)c2C#N)cc1. The second-order valence-electron chi connectivity index (χ2n) is 4.68. The van der Waals surface area contributed by atoms with Crippen LogP contribution in [0.5, 0.6) is 5.75 Å². The lowest BCUT2D eigenvalue weighted by molar-refractivity contribution is 0.415. The first-order chi connectivity index (χ1) is 10.8. The smallest absolute Gasteiger partial charge is 0.119 e. The normalized spacial score (nSPS) is 10.0. The molecule has 1 heterocycles. The van der Waals surface area contributed by atoms with Gasteiger partial charge in [-0.15, -0.1) is 11.3 Å². The summed E-state index contributed by atoms with van der Waals surface area (Å²) in [5, 5.41) is 15.7. The van der Waals surface area contributed by atoms with E-state index >= 15 is 0 Å². The quantitative estimate of drug-likeness (QED) is 0.734. The van der Waals surface area contributed by atoms with Gasteiger partial charge in [-0.25, -0.2) is 0 Å². The second kappa shape index (κ2) is 6.33. The largest absolute Gasteiger partial charge is 0.497 e. The molecular formula is C18H14N2OS. The number of anilines is 2. The molecule has 4 heteroatoms. The molecule has 22 heavy (non-hydrogen) atoms. The Hall–Kier alpha value is -2.77. The van der Waals surface area contributed by atoms with Crippen molar-refractivity contribution >= 4 is 22.0 Å². The van der Waals surface area contributed by atoms with Crippen molar-refractivity contribution in [3.63, 3.8) is 0 Å². The molecule has 0 bridgehead atoms. The van der Waals surface area contributed by atoms with Crippen LogP contribution in [0, 0.1) is 11.3 Å². The highest BCUT2D eigenvalue weighted by Crippen LogP contribution is 2.36. The van der Waals surface area contributed by atoms with Crippen LogP contribution in [0.4, 0.5) is 10.7 Å². The monoisotopic (exact) mass is 306 g/mol. The van der Waals surface area contributed by atoms with Crippen molar-refractivity contribution in [2.45, 2.75) is 0 Å². The molecule has 0 aliphatic rings. The van der Waals surface area contributed by atoms with E-state index in [4.69, 9.17) is 4.74 Å². The zero-order valence-electron chi connectivity index (χ0n) is 12.0. The van der Waals surface area contributed by atoms with Crippen LogP contribution in [0.3, 0.4) is 0 Å². The molecule has 1 N–H and O–H groups in total. The molecule has 0 aliphatic carbocycles. The van der Waals surface area contributed by atoms with Gasteiger partial charge >= 0.3 is 0 Å². The minimum atomic E-state index is 0.673. The van der Waals surface area contributed by atoms with Crippen LogP contribution in [0.2, 0.25) is 0 Å². The molecule has 0 atom stereocenters. The number of nitrogens with one attached hydrogen (secondary N) is 1. The number of hydrogen-bond donors (Lipinski definition) is 1. The molecule has 3 nitrogen and oxygen atoms in total. The van der Waals surface area contributed by atoms with E-state index in [0.29, 0.717) is 5.56 Å². The topological polar surface area (TPSA) is 45.0 Å². The van der Waals surface area contributed by atoms with Gasteiger partial charge in [0.25, 0.3) is 0 Å². The standard InChI is InChI=1S/C18H14N2OS/c1-21-15-9-7-14(8-10-15)20-18-16(11-19)17(12-22-18)13-5-3-2-4-6-13/h2-10,12,20H,1H3. The van der Waals surface area contributed by atoms with Gasteiger partial charge in [0.15, 0.2) is 0 Å². The maximum atomic E-state index is 9.51. The molecule has 0 saturated carbocycles. The number of methoxy groups -OCH3 is 1. The maximum Gasteiger partial charge on any atom is 0.119 e. The summed E-state index contributed by atoms with van der Waals surface area (Å²) in [6, 6.07) is 19.9. The van der Waals surface area contributed by atoms with Gasteiger partial charge in [-0.3, -0.25) is 0 Å². The van der Waals surface area contributed by atoms with Crippen LogP contribution in [-0.4, -0.2) is 7.11 Å². The molecular weight excluding hydrogens is 292 g/mol. The highest BCUT2D eigenvalue weighted by atomic mass is 32.1. The van der Waals surface area contributed by atoms with Crippen molar-refractivity contribution in [2.24, 2.45) is 0 Å². The molecule has 0 aliphatic heterocycles. The summed E-state index contributed by atoms with van der Waals surface area (Å²) in [7, 11) is 1.64. The number of nitrogens with zero attached hydrogens (tertiary/aromatic N) is 1. The van der Waals surface area contributed by atoms with E-state index in [2.05, 4.69) is 11.4 Å². The molecule has 0 radical (unpaired) electrons. The maximum absolute atomic E-state index is 9.51. The molecule has 0 saturated heterocycles. The third-order valence-corrected chi connectivity index (χ3v) is 4.23. The molecule has 3 aromatic rings. The first kappa shape index (κ1) is 14.2. The number of thiophene rings is 1. The van der Waals surface area contributed by atoms with Crippen molar-refractivity contribution in [3.8, 4) is 22.9 Å².